The molecule has 0 aliphatic carbocycles. The Balaban J connectivity index is -0.0000000284. The molecule has 0 atom stereocenters. The first-order valence-corrected chi connectivity index (χ1v) is 8.10. The molecule has 0 spiro atoms. The molecule has 0 heterocycles. The predicted octanol–water partition coefficient (Wildman–Crippen LogP) is -5.81. The molecule has 0 bridgehead atoms. The van der Waals surface area contributed by atoms with Crippen molar-refractivity contribution in [1.82, 2.24) is 0 Å². The predicted molar refractivity (Wildman–Crippen MR) is 62.9 cm³/mol. The van der Waals surface area contributed by atoms with E-state index in [0.717, 1.165) is 0 Å². The van der Waals surface area contributed by atoms with Crippen LogP contribution in [0.5, 0.6) is 0 Å². The van der Waals surface area contributed by atoms with Crippen LogP contribution in [-0.4, -0.2) is 183 Å². The fraction of sp³-hybridized carbons (Fsp3) is 0. The van der Waals surface area contributed by atoms with E-state index in [9.17, 15) is 0 Å². The van der Waals surface area contributed by atoms with Crippen molar-refractivity contribution in [2.75, 3.05) is 0 Å². The third kappa shape index (κ3) is 1290. The van der Waals surface area contributed by atoms with Crippen LogP contribution in [0, 0.1) is 0 Å². The van der Waals surface area contributed by atoms with Crippen LogP contribution >= 0.6 is 0 Å². The minimum absolute atomic E-state index is 0. The maximum atomic E-state index is 8.74. The van der Waals surface area contributed by atoms with Gasteiger partial charge in [-0.3, -0.25) is 34.4 Å². The van der Waals surface area contributed by atoms with Gasteiger partial charge in [0.1, 0.15) is 0 Å². The van der Waals surface area contributed by atoms with Crippen LogP contribution in [0.25, 0.3) is 0 Å². The molecule has 0 saturated heterocycles. The minimum Gasteiger partial charge on any atom is -0.759 e. The molecular weight excluding hydrogens is 504 g/mol. The molecule has 23 heteroatoms. The van der Waals surface area contributed by atoms with Crippen molar-refractivity contribution in [1.29, 1.82) is 0 Å². The SMILES string of the molecule is O=S(=O)(O)O.O=S(=O)([O-])[O-].O=S(=O)([O-])[O-].O=S(=O)([O-])[O-].[Ca+2].[Ca+2].[Ca+2]. The maximum Gasteiger partial charge on any atom is 2.00 e. The molecule has 16 nitrogen and oxygen atoms in total. The van der Waals surface area contributed by atoms with Crippen molar-refractivity contribution in [2.45, 2.75) is 0 Å². The molecule has 0 aromatic heterocycles. The number of rotatable bonds is 0. The second-order valence-electron chi connectivity index (χ2n) is 1.67. The Morgan fingerprint density at radius 1 is 0.435 bits per heavy atom. The summed E-state index contributed by atoms with van der Waals surface area (Å²) >= 11 is 0. The fourth-order valence-corrected chi connectivity index (χ4v) is 0. The quantitative estimate of drug-likeness (QED) is 0.175. The van der Waals surface area contributed by atoms with E-state index in [-0.39, 0.29) is 113 Å². The molecule has 0 unspecified atom stereocenters. The van der Waals surface area contributed by atoms with Crippen LogP contribution in [0.2, 0.25) is 0 Å². The first-order chi connectivity index (χ1) is 8.00. The van der Waals surface area contributed by atoms with E-state index in [1.807, 2.05) is 0 Å². The van der Waals surface area contributed by atoms with Crippen LogP contribution in [0.4, 0.5) is 0 Å². The molecule has 23 heavy (non-hydrogen) atoms. The average molecular weight is 507 g/mol. The first-order valence-electron chi connectivity index (χ1n) is 2.70. The average Bonchev–Trinajstić information content (AvgIpc) is 1.62. The van der Waals surface area contributed by atoms with Gasteiger partial charge >= 0.3 is 124 Å². The van der Waals surface area contributed by atoms with E-state index >= 15 is 0 Å². The third-order valence-corrected chi connectivity index (χ3v) is 0. The minimum atomic E-state index is -5.17. The van der Waals surface area contributed by atoms with Gasteiger partial charge in [-0.1, -0.05) is 0 Å². The van der Waals surface area contributed by atoms with Crippen LogP contribution < -0.4 is 0 Å². The normalized spacial score (nSPS) is 10.1. The summed E-state index contributed by atoms with van der Waals surface area (Å²) in [4.78, 5) is 0. The number of hydrogen-bond donors (Lipinski definition) is 2. The van der Waals surface area contributed by atoms with Crippen LogP contribution in [0.3, 0.4) is 0 Å². The third-order valence-electron chi connectivity index (χ3n) is 0. The van der Waals surface area contributed by atoms with Gasteiger partial charge in [0.25, 0.3) is 0 Å². The smallest absolute Gasteiger partial charge is 0.759 e. The molecule has 0 saturated carbocycles. The van der Waals surface area contributed by atoms with E-state index in [2.05, 4.69) is 0 Å². The van der Waals surface area contributed by atoms with Crippen molar-refractivity contribution in [3.8, 4) is 0 Å². The van der Waals surface area contributed by atoms with E-state index in [4.69, 9.17) is 70.1 Å². The largest absolute Gasteiger partial charge is 2.00 e. The molecule has 0 aromatic rings. The fourth-order valence-electron chi connectivity index (χ4n) is 0. The summed E-state index contributed by atoms with van der Waals surface area (Å²) in [6.45, 7) is 0. The Bertz CT molecular complexity index is 480. The molecule has 0 amide bonds. The van der Waals surface area contributed by atoms with Gasteiger partial charge in [-0.2, -0.15) is 8.42 Å². The van der Waals surface area contributed by atoms with Crippen LogP contribution in [0.15, 0.2) is 0 Å². The Morgan fingerprint density at radius 2 is 0.435 bits per heavy atom. The Morgan fingerprint density at radius 3 is 0.435 bits per heavy atom. The second kappa shape index (κ2) is 20.0. The van der Waals surface area contributed by atoms with Crippen LogP contribution in [0.1, 0.15) is 0 Å². The summed E-state index contributed by atoms with van der Waals surface area (Å²) in [6.07, 6.45) is 0. The van der Waals surface area contributed by atoms with E-state index in [1.165, 1.54) is 0 Å². The Kier molecular flexibility index (Phi) is 39.3. The Hall–Kier alpha value is 3.26. The molecule has 0 rings (SSSR count). The van der Waals surface area contributed by atoms with E-state index < -0.39 is 41.6 Å². The monoisotopic (exact) mass is 506 g/mol. The molecule has 0 radical (unpaired) electrons. The molecule has 0 aliphatic heterocycles. The van der Waals surface area contributed by atoms with E-state index in [0.29, 0.717) is 0 Å². The zero-order valence-electron chi connectivity index (χ0n) is 10.4. The van der Waals surface area contributed by atoms with Gasteiger partial charge in [0.2, 0.25) is 0 Å². The summed E-state index contributed by atoms with van der Waals surface area (Å²) in [5.41, 5.74) is 0. The molecule has 2 N–H and O–H groups in total. The van der Waals surface area contributed by atoms with E-state index in [1.54, 1.807) is 0 Å². The van der Waals surface area contributed by atoms with Gasteiger partial charge in [-0.15, -0.1) is 0 Å². The molecule has 0 aliphatic rings. The van der Waals surface area contributed by atoms with Gasteiger partial charge in [0.15, 0.2) is 0 Å². The maximum absolute atomic E-state index is 8.74. The Labute approximate surface area is 220 Å². The summed E-state index contributed by atoms with van der Waals surface area (Å²) < 4.78 is 134. The summed E-state index contributed by atoms with van der Waals surface area (Å²) in [5, 5.41) is 0. The van der Waals surface area contributed by atoms with Crippen molar-refractivity contribution in [2.24, 2.45) is 0 Å². The summed E-state index contributed by atoms with van der Waals surface area (Å²) in [5.74, 6) is 0. The van der Waals surface area contributed by atoms with Gasteiger partial charge in [0, 0.05) is 31.2 Å². The molecular formula is H2Ca3O16S4. The van der Waals surface area contributed by atoms with Crippen LogP contribution in [-0.2, 0) is 41.6 Å². The van der Waals surface area contributed by atoms with Crippen molar-refractivity contribution in [3.63, 3.8) is 0 Å². The van der Waals surface area contributed by atoms with Gasteiger partial charge in [-0.05, 0) is 0 Å². The topological polar surface area (TPSA) is 315 Å². The molecule has 128 valence electrons. The standard InChI is InChI=1S/3Ca.4H2O4S/c;;;4*1-5(2,3)4/h;;;4*(H2,1,2,3,4)/q3*+2;;;;/p-6. The van der Waals surface area contributed by atoms with Crippen molar-refractivity contribution in [3.05, 3.63) is 0 Å². The molecule has 0 fully saturated rings. The zero-order chi connectivity index (χ0) is 18.0. The first kappa shape index (κ1) is 45.2. The van der Waals surface area contributed by atoms with Crippen molar-refractivity contribution >= 4 is 155 Å². The van der Waals surface area contributed by atoms with Gasteiger partial charge < -0.3 is 27.3 Å². The number of hydrogen-bond acceptors (Lipinski definition) is 14. The van der Waals surface area contributed by atoms with Crippen molar-refractivity contribution < 1.29 is 70.1 Å². The molecule has 0 aromatic carbocycles. The second-order valence-corrected chi connectivity index (χ2v) is 5.02. The zero-order valence-corrected chi connectivity index (χ0v) is 20.3. The summed E-state index contributed by atoms with van der Waals surface area (Å²) in [6, 6.07) is 0. The van der Waals surface area contributed by atoms with Gasteiger partial charge in [-0.25, -0.2) is 0 Å². The summed E-state index contributed by atoms with van der Waals surface area (Å²) in [7, 11) is -20.2. The van der Waals surface area contributed by atoms with Gasteiger partial charge in [0.05, 0.1) is 0 Å².